The molecule has 24 heavy (non-hydrogen) atoms. The number of nitrogens with zero attached hydrogens (tertiary/aromatic N) is 3. The van der Waals surface area contributed by atoms with Gasteiger partial charge in [0.05, 0.1) is 5.75 Å². The van der Waals surface area contributed by atoms with Crippen LogP contribution in [0.4, 0.5) is 0 Å². The molecule has 1 aliphatic heterocycles. The van der Waals surface area contributed by atoms with Crippen molar-refractivity contribution in [2.45, 2.75) is 31.2 Å². The number of primary amides is 1. The summed E-state index contributed by atoms with van der Waals surface area (Å²) in [5.74, 6) is 0.0797. The van der Waals surface area contributed by atoms with Crippen LogP contribution in [0, 0.1) is 5.92 Å². The Hall–Kier alpha value is -1.67. The van der Waals surface area contributed by atoms with Crippen LogP contribution in [0.3, 0.4) is 0 Å². The SMILES string of the molecule is CCc1cc2c(SCC(=O)N3CCC(C(N)=O)CC3)ncnc2s1. The number of thiophene rings is 1. The zero-order chi connectivity index (χ0) is 17.1. The van der Waals surface area contributed by atoms with E-state index < -0.39 is 0 Å². The number of carbonyl (C=O) groups is 2. The molecule has 0 saturated carbocycles. The minimum atomic E-state index is -0.260. The maximum absolute atomic E-state index is 12.4. The summed E-state index contributed by atoms with van der Waals surface area (Å²) in [4.78, 5) is 36.3. The van der Waals surface area contributed by atoms with Crippen molar-refractivity contribution in [2.24, 2.45) is 11.7 Å². The summed E-state index contributed by atoms with van der Waals surface area (Å²) in [5.41, 5.74) is 5.33. The first-order valence-electron chi connectivity index (χ1n) is 8.01. The predicted octanol–water partition coefficient (Wildman–Crippen LogP) is 2.07. The van der Waals surface area contributed by atoms with Crippen molar-refractivity contribution in [3.05, 3.63) is 17.3 Å². The number of hydrogen-bond acceptors (Lipinski definition) is 6. The van der Waals surface area contributed by atoms with Gasteiger partial charge in [0.2, 0.25) is 11.8 Å². The molecule has 1 saturated heterocycles. The second kappa shape index (κ2) is 7.48. The summed E-state index contributed by atoms with van der Waals surface area (Å²) < 4.78 is 0. The number of hydrogen-bond donors (Lipinski definition) is 1. The number of carbonyl (C=O) groups excluding carboxylic acids is 2. The smallest absolute Gasteiger partial charge is 0.232 e. The number of nitrogens with two attached hydrogens (primary N) is 1. The van der Waals surface area contributed by atoms with Gasteiger partial charge < -0.3 is 10.6 Å². The Morgan fingerprint density at radius 1 is 1.38 bits per heavy atom. The van der Waals surface area contributed by atoms with Crippen molar-refractivity contribution in [1.82, 2.24) is 14.9 Å². The van der Waals surface area contributed by atoms with Crippen LogP contribution < -0.4 is 5.73 Å². The van der Waals surface area contributed by atoms with Gasteiger partial charge in [-0.15, -0.1) is 11.3 Å². The van der Waals surface area contributed by atoms with E-state index >= 15 is 0 Å². The Labute approximate surface area is 148 Å². The number of fused-ring (bicyclic) bond motifs is 1. The van der Waals surface area contributed by atoms with Crippen LogP contribution in [0.1, 0.15) is 24.6 Å². The number of rotatable bonds is 5. The van der Waals surface area contributed by atoms with Crippen molar-refractivity contribution in [2.75, 3.05) is 18.8 Å². The van der Waals surface area contributed by atoms with Crippen molar-refractivity contribution >= 4 is 45.1 Å². The topological polar surface area (TPSA) is 89.2 Å². The lowest BCUT2D eigenvalue weighted by Gasteiger charge is -2.30. The van der Waals surface area contributed by atoms with Gasteiger partial charge >= 0.3 is 0 Å². The van der Waals surface area contributed by atoms with Crippen LogP contribution in [-0.4, -0.2) is 45.5 Å². The Morgan fingerprint density at radius 3 is 2.79 bits per heavy atom. The fraction of sp³-hybridized carbons (Fsp3) is 0.500. The van der Waals surface area contributed by atoms with Gasteiger partial charge in [-0.05, 0) is 25.3 Å². The van der Waals surface area contributed by atoms with Crippen molar-refractivity contribution in [3.63, 3.8) is 0 Å². The fourth-order valence-corrected chi connectivity index (χ4v) is 4.68. The molecular formula is C16H20N4O2S2. The lowest BCUT2D eigenvalue weighted by Crippen LogP contribution is -2.42. The van der Waals surface area contributed by atoms with E-state index in [1.807, 2.05) is 4.90 Å². The zero-order valence-corrected chi connectivity index (χ0v) is 15.2. The third kappa shape index (κ3) is 3.70. The lowest BCUT2D eigenvalue weighted by atomic mass is 9.96. The van der Waals surface area contributed by atoms with Gasteiger partial charge in [-0.25, -0.2) is 9.97 Å². The number of likely N-dealkylation sites (tertiary alicyclic amines) is 1. The molecule has 0 unspecified atom stereocenters. The van der Waals surface area contributed by atoms with Crippen molar-refractivity contribution in [1.29, 1.82) is 0 Å². The van der Waals surface area contributed by atoms with Crippen LogP contribution in [0.5, 0.6) is 0 Å². The molecule has 0 bridgehead atoms. The molecule has 0 aliphatic carbocycles. The lowest BCUT2D eigenvalue weighted by molar-refractivity contribution is -0.132. The number of aryl methyl sites for hydroxylation is 1. The van der Waals surface area contributed by atoms with Crippen LogP contribution in [-0.2, 0) is 16.0 Å². The molecule has 128 valence electrons. The molecule has 2 aromatic rings. The monoisotopic (exact) mass is 364 g/mol. The molecule has 2 amide bonds. The summed E-state index contributed by atoms with van der Waals surface area (Å²) in [6, 6.07) is 2.12. The van der Waals surface area contributed by atoms with E-state index in [9.17, 15) is 9.59 Å². The van der Waals surface area contributed by atoms with E-state index in [4.69, 9.17) is 5.73 Å². The third-order valence-corrected chi connectivity index (χ3v) is 6.45. The summed E-state index contributed by atoms with van der Waals surface area (Å²) in [6.07, 6.45) is 3.85. The molecule has 0 spiro atoms. The van der Waals surface area contributed by atoms with Gasteiger partial charge in [0.25, 0.3) is 0 Å². The molecular weight excluding hydrogens is 344 g/mol. The first kappa shape index (κ1) is 17.2. The highest BCUT2D eigenvalue weighted by atomic mass is 32.2. The van der Waals surface area contributed by atoms with E-state index in [0.29, 0.717) is 31.7 Å². The molecule has 0 aromatic carbocycles. The van der Waals surface area contributed by atoms with Crippen molar-refractivity contribution < 1.29 is 9.59 Å². The van der Waals surface area contributed by atoms with Crippen LogP contribution in [0.25, 0.3) is 10.2 Å². The van der Waals surface area contributed by atoms with Crippen molar-refractivity contribution in [3.8, 4) is 0 Å². The molecule has 3 heterocycles. The minimum Gasteiger partial charge on any atom is -0.369 e. The van der Waals surface area contributed by atoms with Gasteiger partial charge in [0.15, 0.2) is 0 Å². The first-order valence-corrected chi connectivity index (χ1v) is 9.82. The Morgan fingerprint density at radius 2 is 2.12 bits per heavy atom. The van der Waals surface area contributed by atoms with Gasteiger partial charge in [0.1, 0.15) is 16.2 Å². The molecule has 2 N–H and O–H groups in total. The minimum absolute atomic E-state index is 0.0839. The number of amides is 2. The van der Waals surface area contributed by atoms with Gasteiger partial charge in [-0.2, -0.15) is 0 Å². The molecule has 0 radical (unpaired) electrons. The number of aromatic nitrogens is 2. The fourth-order valence-electron chi connectivity index (χ4n) is 2.81. The molecule has 3 rings (SSSR count). The highest BCUT2D eigenvalue weighted by Crippen LogP contribution is 2.31. The largest absolute Gasteiger partial charge is 0.369 e. The highest BCUT2D eigenvalue weighted by Gasteiger charge is 2.25. The van der Waals surface area contributed by atoms with Gasteiger partial charge in [-0.3, -0.25) is 9.59 Å². The van der Waals surface area contributed by atoms with Crippen LogP contribution in [0.2, 0.25) is 0 Å². The Bertz CT molecular complexity index is 754. The Balaban J connectivity index is 1.61. The molecule has 2 aromatic heterocycles. The second-order valence-electron chi connectivity index (χ2n) is 5.81. The second-order valence-corrected chi connectivity index (χ2v) is 7.89. The summed E-state index contributed by atoms with van der Waals surface area (Å²) in [6.45, 7) is 3.32. The number of piperidine rings is 1. The maximum Gasteiger partial charge on any atom is 0.232 e. The summed E-state index contributed by atoms with van der Waals surface area (Å²) in [7, 11) is 0. The third-order valence-electron chi connectivity index (χ3n) is 4.27. The summed E-state index contributed by atoms with van der Waals surface area (Å²) in [5, 5.41) is 1.89. The maximum atomic E-state index is 12.4. The average molecular weight is 364 g/mol. The average Bonchev–Trinajstić information content (AvgIpc) is 3.03. The zero-order valence-electron chi connectivity index (χ0n) is 13.5. The van der Waals surface area contributed by atoms with Gasteiger partial charge in [-0.1, -0.05) is 18.7 Å². The first-order chi connectivity index (χ1) is 11.6. The van der Waals surface area contributed by atoms with Crippen LogP contribution >= 0.6 is 23.1 Å². The highest BCUT2D eigenvalue weighted by molar-refractivity contribution is 8.00. The molecule has 6 nitrogen and oxygen atoms in total. The number of thioether (sulfide) groups is 1. The van der Waals surface area contributed by atoms with E-state index in [1.54, 1.807) is 17.7 Å². The van der Waals surface area contributed by atoms with Crippen LogP contribution in [0.15, 0.2) is 17.4 Å². The van der Waals surface area contributed by atoms with E-state index in [2.05, 4.69) is 23.0 Å². The van der Waals surface area contributed by atoms with Gasteiger partial charge in [0, 0.05) is 29.3 Å². The van der Waals surface area contributed by atoms with E-state index in [-0.39, 0.29) is 17.7 Å². The van der Waals surface area contributed by atoms with E-state index in [0.717, 1.165) is 21.7 Å². The molecule has 1 aliphatic rings. The van der Waals surface area contributed by atoms with E-state index in [1.165, 1.54) is 16.6 Å². The molecule has 1 fully saturated rings. The summed E-state index contributed by atoms with van der Waals surface area (Å²) >= 11 is 3.13. The Kier molecular flexibility index (Phi) is 5.35. The quantitative estimate of drug-likeness (QED) is 0.648. The standard InChI is InChI=1S/C16H20N4O2S2/c1-2-11-7-12-15(18-9-19-16(12)24-11)23-8-13(21)20-5-3-10(4-6-20)14(17)22/h7,9-10H,2-6,8H2,1H3,(H2,17,22). The predicted molar refractivity (Wildman–Crippen MR) is 96.0 cm³/mol. The normalized spacial score (nSPS) is 15.8. The molecule has 0 atom stereocenters. The molecule has 8 heteroatoms.